The number of aryl methyl sites for hydroxylation is 1. The van der Waals surface area contributed by atoms with E-state index in [1.54, 1.807) is 6.07 Å². The van der Waals surface area contributed by atoms with E-state index in [4.69, 9.17) is 11.6 Å². The minimum absolute atomic E-state index is 0.124. The summed E-state index contributed by atoms with van der Waals surface area (Å²) >= 11 is 5.96. The fourth-order valence-electron chi connectivity index (χ4n) is 1.17. The molecule has 1 nitrogen and oxygen atoms in total. The number of ketones is 1. The van der Waals surface area contributed by atoms with Crippen molar-refractivity contribution in [1.29, 1.82) is 0 Å². The maximum atomic E-state index is 11.9. The van der Waals surface area contributed by atoms with E-state index < -0.39 is 0 Å². The molecule has 0 bridgehead atoms. The van der Waals surface area contributed by atoms with Crippen LogP contribution in [0.2, 0.25) is 5.02 Å². The molecule has 1 aromatic carbocycles. The number of rotatable bonds is 1. The Morgan fingerprint density at radius 3 is 2.29 bits per heavy atom. The Bertz CT molecular complexity index is 361. The summed E-state index contributed by atoms with van der Waals surface area (Å²) in [5.41, 5.74) is 1.34. The number of carbonyl (C=O) groups excluding carboxylic acids is 1. The molecule has 0 N–H and O–H groups in total. The third-order valence-electron chi connectivity index (χ3n) is 2.12. The van der Waals surface area contributed by atoms with E-state index in [1.807, 2.05) is 39.8 Å². The van der Waals surface area contributed by atoms with Gasteiger partial charge in [-0.05, 0) is 18.6 Å². The molecule has 1 aromatic rings. The van der Waals surface area contributed by atoms with Crippen LogP contribution in [0.1, 0.15) is 36.7 Å². The van der Waals surface area contributed by atoms with Crippen LogP contribution in [-0.4, -0.2) is 5.78 Å². The summed E-state index contributed by atoms with van der Waals surface area (Å²) in [5.74, 6) is 0.124. The van der Waals surface area contributed by atoms with Crippen molar-refractivity contribution in [1.82, 2.24) is 0 Å². The van der Waals surface area contributed by atoms with Gasteiger partial charge in [0.15, 0.2) is 5.78 Å². The fourth-order valence-corrected chi connectivity index (χ4v) is 1.35. The molecule has 0 aliphatic heterocycles. The van der Waals surface area contributed by atoms with Gasteiger partial charge in [0.25, 0.3) is 0 Å². The van der Waals surface area contributed by atoms with E-state index in [2.05, 4.69) is 0 Å². The highest BCUT2D eigenvalue weighted by molar-refractivity contribution is 6.31. The first-order valence-electron chi connectivity index (χ1n) is 4.63. The average Bonchev–Trinajstić information content (AvgIpc) is 2.07. The van der Waals surface area contributed by atoms with Crippen LogP contribution in [0, 0.1) is 12.3 Å². The Balaban J connectivity index is 3.10. The molecule has 0 heterocycles. The Morgan fingerprint density at radius 2 is 1.86 bits per heavy atom. The summed E-state index contributed by atoms with van der Waals surface area (Å²) in [7, 11) is 0. The van der Waals surface area contributed by atoms with Gasteiger partial charge in [-0.25, -0.2) is 0 Å². The number of Topliss-reactive ketones (excluding diaryl/α,β-unsaturated/α-hetero) is 1. The van der Waals surface area contributed by atoms with Crippen molar-refractivity contribution >= 4 is 17.4 Å². The Kier molecular flexibility index (Phi) is 3.01. The van der Waals surface area contributed by atoms with Crippen molar-refractivity contribution in [3.63, 3.8) is 0 Å². The van der Waals surface area contributed by atoms with E-state index in [9.17, 15) is 4.79 Å². The van der Waals surface area contributed by atoms with E-state index in [0.29, 0.717) is 10.6 Å². The maximum Gasteiger partial charge on any atom is 0.168 e. The van der Waals surface area contributed by atoms with Gasteiger partial charge >= 0.3 is 0 Å². The van der Waals surface area contributed by atoms with Crippen LogP contribution in [-0.2, 0) is 0 Å². The van der Waals surface area contributed by atoms with Crippen molar-refractivity contribution in [2.45, 2.75) is 27.7 Å². The van der Waals surface area contributed by atoms with E-state index >= 15 is 0 Å². The van der Waals surface area contributed by atoms with Gasteiger partial charge in [-0.1, -0.05) is 44.5 Å². The standard InChI is InChI=1S/C12H15ClO/c1-8-5-6-9(7-10(8)13)11(14)12(2,3)4/h5-7H,1-4H3. The molecule has 0 aliphatic carbocycles. The predicted octanol–water partition coefficient (Wildman–Crippen LogP) is 3.88. The van der Waals surface area contributed by atoms with E-state index in [1.165, 1.54) is 0 Å². The van der Waals surface area contributed by atoms with Crippen molar-refractivity contribution in [2.24, 2.45) is 5.41 Å². The third-order valence-corrected chi connectivity index (χ3v) is 2.52. The molecule has 0 saturated carbocycles. The zero-order valence-corrected chi connectivity index (χ0v) is 9.77. The van der Waals surface area contributed by atoms with E-state index in [0.717, 1.165) is 5.56 Å². The molecular weight excluding hydrogens is 196 g/mol. The summed E-state index contributed by atoms with van der Waals surface area (Å²) in [6.45, 7) is 7.64. The summed E-state index contributed by atoms with van der Waals surface area (Å²) in [4.78, 5) is 11.9. The van der Waals surface area contributed by atoms with Gasteiger partial charge in [0.1, 0.15) is 0 Å². The van der Waals surface area contributed by atoms with Gasteiger partial charge in [0, 0.05) is 16.0 Å². The Hall–Kier alpha value is -0.820. The van der Waals surface area contributed by atoms with Crippen LogP contribution >= 0.6 is 11.6 Å². The smallest absolute Gasteiger partial charge is 0.168 e. The highest BCUT2D eigenvalue weighted by Crippen LogP contribution is 2.24. The molecule has 1 rings (SSSR count). The largest absolute Gasteiger partial charge is 0.294 e. The third kappa shape index (κ3) is 2.36. The second kappa shape index (κ2) is 3.74. The lowest BCUT2D eigenvalue weighted by molar-refractivity contribution is 0.0858. The van der Waals surface area contributed by atoms with Crippen LogP contribution < -0.4 is 0 Å². The Labute approximate surface area is 90.1 Å². The zero-order valence-electron chi connectivity index (χ0n) is 9.02. The number of carbonyl (C=O) groups is 1. The van der Waals surface area contributed by atoms with E-state index in [-0.39, 0.29) is 11.2 Å². The fraction of sp³-hybridized carbons (Fsp3) is 0.417. The predicted molar refractivity (Wildman–Crippen MR) is 60.0 cm³/mol. The van der Waals surface area contributed by atoms with Crippen molar-refractivity contribution < 1.29 is 4.79 Å². The lowest BCUT2D eigenvalue weighted by atomic mass is 9.86. The van der Waals surface area contributed by atoms with Gasteiger partial charge in [0.2, 0.25) is 0 Å². The average molecular weight is 211 g/mol. The zero-order chi connectivity index (χ0) is 10.9. The number of benzene rings is 1. The molecule has 0 aliphatic rings. The number of hydrogen-bond donors (Lipinski definition) is 0. The monoisotopic (exact) mass is 210 g/mol. The van der Waals surface area contributed by atoms with Crippen LogP contribution in [0.3, 0.4) is 0 Å². The quantitative estimate of drug-likeness (QED) is 0.643. The lowest BCUT2D eigenvalue weighted by Crippen LogP contribution is -2.20. The highest BCUT2D eigenvalue weighted by atomic mass is 35.5. The Morgan fingerprint density at radius 1 is 1.29 bits per heavy atom. The molecule has 0 atom stereocenters. The topological polar surface area (TPSA) is 17.1 Å². The first-order chi connectivity index (χ1) is 6.32. The van der Waals surface area contributed by atoms with Crippen molar-refractivity contribution in [3.8, 4) is 0 Å². The summed E-state index contributed by atoms with van der Waals surface area (Å²) < 4.78 is 0. The molecule has 0 saturated heterocycles. The van der Waals surface area contributed by atoms with Crippen LogP contribution in [0.4, 0.5) is 0 Å². The van der Waals surface area contributed by atoms with Gasteiger partial charge in [-0.2, -0.15) is 0 Å². The van der Waals surface area contributed by atoms with Crippen LogP contribution in [0.15, 0.2) is 18.2 Å². The minimum atomic E-state index is -0.349. The molecule has 0 unspecified atom stereocenters. The summed E-state index contributed by atoms with van der Waals surface area (Å²) in [5, 5.41) is 0.653. The summed E-state index contributed by atoms with van der Waals surface area (Å²) in [6.07, 6.45) is 0. The molecule has 14 heavy (non-hydrogen) atoms. The molecule has 2 heteroatoms. The first kappa shape index (κ1) is 11.3. The SMILES string of the molecule is Cc1ccc(C(=O)C(C)(C)C)cc1Cl. The highest BCUT2D eigenvalue weighted by Gasteiger charge is 2.22. The molecule has 0 radical (unpaired) electrons. The second-order valence-corrected chi connectivity index (χ2v) is 4.95. The van der Waals surface area contributed by atoms with Crippen LogP contribution in [0.25, 0.3) is 0 Å². The lowest BCUT2D eigenvalue weighted by Gasteiger charge is -2.16. The molecule has 0 aromatic heterocycles. The minimum Gasteiger partial charge on any atom is -0.294 e. The molecule has 0 amide bonds. The van der Waals surface area contributed by atoms with Crippen molar-refractivity contribution in [2.75, 3.05) is 0 Å². The van der Waals surface area contributed by atoms with Gasteiger partial charge in [-0.3, -0.25) is 4.79 Å². The normalized spacial score (nSPS) is 11.5. The summed E-state index contributed by atoms with van der Waals surface area (Å²) in [6, 6.07) is 5.45. The molecule has 0 spiro atoms. The number of hydrogen-bond acceptors (Lipinski definition) is 1. The van der Waals surface area contributed by atoms with Gasteiger partial charge < -0.3 is 0 Å². The van der Waals surface area contributed by atoms with Gasteiger partial charge in [0.05, 0.1) is 0 Å². The molecule has 0 fully saturated rings. The maximum absolute atomic E-state index is 11.9. The van der Waals surface area contributed by atoms with Crippen molar-refractivity contribution in [3.05, 3.63) is 34.3 Å². The molecular formula is C12H15ClO. The number of halogens is 1. The second-order valence-electron chi connectivity index (χ2n) is 4.54. The molecule has 76 valence electrons. The first-order valence-corrected chi connectivity index (χ1v) is 5.01. The van der Waals surface area contributed by atoms with Gasteiger partial charge in [-0.15, -0.1) is 0 Å². The van der Waals surface area contributed by atoms with Crippen LogP contribution in [0.5, 0.6) is 0 Å².